The van der Waals surface area contributed by atoms with Crippen LogP contribution in [0.15, 0.2) is 54.9 Å². The minimum Gasteiger partial charge on any atom is -0.495 e. The van der Waals surface area contributed by atoms with Crippen LogP contribution in [0, 0.1) is 6.92 Å². The summed E-state index contributed by atoms with van der Waals surface area (Å²) in [6.45, 7) is 3.45. The number of ether oxygens (including phenoxy) is 1. The van der Waals surface area contributed by atoms with Crippen LogP contribution in [0.4, 0.5) is 0 Å². The van der Waals surface area contributed by atoms with Crippen LogP contribution in [0.1, 0.15) is 51.9 Å². The molecular weight excluding hydrogens is 603 g/mol. The Hall–Kier alpha value is -4.12. The van der Waals surface area contributed by atoms with Crippen molar-refractivity contribution < 1.29 is 19.4 Å². The number of carbonyl (C=O) groups excluding carboxylic acids is 1. The van der Waals surface area contributed by atoms with E-state index in [1.54, 1.807) is 56.3 Å². The smallest absolute Gasteiger partial charge is 0.310 e. The maximum Gasteiger partial charge on any atom is 0.310 e. The lowest BCUT2D eigenvalue weighted by Crippen LogP contribution is -2.30. The van der Waals surface area contributed by atoms with Crippen LogP contribution < -0.4 is 10.1 Å². The van der Waals surface area contributed by atoms with Crippen molar-refractivity contribution in [1.29, 1.82) is 0 Å². The molecule has 10 nitrogen and oxygen atoms in total. The van der Waals surface area contributed by atoms with Gasteiger partial charge in [-0.1, -0.05) is 59.1 Å². The summed E-state index contributed by atoms with van der Waals surface area (Å²) in [7, 11) is 1.52. The molecule has 216 valence electrons. The fraction of sp³-hybridized carbons (Fsp3) is 0.207. The fourth-order valence-corrected chi connectivity index (χ4v) is 5.46. The van der Waals surface area contributed by atoms with Gasteiger partial charge in [-0.05, 0) is 43.2 Å². The standard InChI is InChI=1S/C29H25Cl3N6O4/c1-14(29(40)41)16-5-4-6-17(7-16)19(27-35-23-10-20(30)25(42-3)11-24(23)36-27)12-33-28(39)26-21(31)8-18(9-22(26)32)38-13-34-15(2)37-38/h4-11,13-14,19H,12H2,1-3H3,(H,33,39)(H,35,36)(H,40,41)/t14-,19?/m1/s1. The van der Waals surface area contributed by atoms with Crippen LogP contribution in [0.5, 0.6) is 5.75 Å². The lowest BCUT2D eigenvalue weighted by Gasteiger charge is -2.19. The van der Waals surface area contributed by atoms with Crippen molar-refractivity contribution in [3.05, 3.63) is 98.3 Å². The number of carbonyl (C=O) groups is 2. The van der Waals surface area contributed by atoms with Gasteiger partial charge in [0.15, 0.2) is 0 Å². The molecule has 0 aliphatic rings. The topological polar surface area (TPSA) is 135 Å². The SMILES string of the molecule is COc1cc2nc(C(CNC(=O)c3c(Cl)cc(-n4cnc(C)n4)cc3Cl)c3cccc([C@@H](C)C(=O)O)c3)[nH]c2cc1Cl. The number of H-pyrrole nitrogens is 1. The number of carboxylic acids is 1. The molecule has 0 saturated heterocycles. The van der Waals surface area contributed by atoms with Gasteiger partial charge in [-0.25, -0.2) is 14.6 Å². The van der Waals surface area contributed by atoms with Gasteiger partial charge in [-0.3, -0.25) is 9.59 Å². The number of nitrogens with one attached hydrogen (secondary N) is 2. The number of aromatic amines is 1. The first-order valence-corrected chi connectivity index (χ1v) is 13.9. The Kier molecular flexibility index (Phi) is 8.40. The molecule has 0 radical (unpaired) electrons. The van der Waals surface area contributed by atoms with Gasteiger partial charge in [0.25, 0.3) is 5.91 Å². The molecule has 13 heteroatoms. The Bertz CT molecular complexity index is 1800. The van der Waals surface area contributed by atoms with Crippen LogP contribution in [0.2, 0.25) is 15.1 Å². The molecule has 3 aromatic carbocycles. The number of halogens is 3. The van der Waals surface area contributed by atoms with Gasteiger partial charge in [-0.2, -0.15) is 5.10 Å². The number of methoxy groups -OCH3 is 1. The number of amides is 1. The molecule has 2 heterocycles. The Morgan fingerprint density at radius 2 is 1.79 bits per heavy atom. The zero-order chi connectivity index (χ0) is 30.1. The number of aliphatic carboxylic acids is 1. The molecule has 2 atom stereocenters. The molecular formula is C29H25Cl3N6O4. The highest BCUT2D eigenvalue weighted by atomic mass is 35.5. The van der Waals surface area contributed by atoms with E-state index in [1.165, 1.54) is 18.1 Å². The summed E-state index contributed by atoms with van der Waals surface area (Å²) in [6.07, 6.45) is 1.52. The maximum atomic E-state index is 13.4. The molecule has 0 aliphatic carbocycles. The van der Waals surface area contributed by atoms with Gasteiger partial charge >= 0.3 is 5.97 Å². The average molecular weight is 628 g/mol. The second kappa shape index (κ2) is 12.0. The number of carboxylic acid groups (broad SMARTS) is 1. The van der Waals surface area contributed by atoms with Crippen LogP contribution in [0.25, 0.3) is 16.7 Å². The van der Waals surface area contributed by atoms with E-state index in [0.29, 0.717) is 44.7 Å². The molecule has 5 rings (SSSR count). The molecule has 0 saturated carbocycles. The summed E-state index contributed by atoms with van der Waals surface area (Å²) in [5.74, 6) is -1.10. The highest BCUT2D eigenvalue weighted by Gasteiger charge is 2.24. The minimum atomic E-state index is -0.948. The molecule has 5 aromatic rings. The van der Waals surface area contributed by atoms with Crippen molar-refractivity contribution in [1.82, 2.24) is 30.0 Å². The quantitative estimate of drug-likeness (QED) is 0.178. The van der Waals surface area contributed by atoms with Crippen molar-refractivity contribution in [2.45, 2.75) is 25.7 Å². The van der Waals surface area contributed by atoms with E-state index in [1.807, 2.05) is 6.07 Å². The number of hydrogen-bond donors (Lipinski definition) is 3. The van der Waals surface area contributed by atoms with E-state index in [4.69, 9.17) is 44.5 Å². The molecule has 1 unspecified atom stereocenters. The van der Waals surface area contributed by atoms with E-state index in [0.717, 1.165) is 5.56 Å². The summed E-state index contributed by atoms with van der Waals surface area (Å²) in [4.78, 5) is 37.2. The third-order valence-corrected chi connectivity index (χ3v) is 7.77. The lowest BCUT2D eigenvalue weighted by atomic mass is 9.92. The van der Waals surface area contributed by atoms with Crippen LogP contribution in [0.3, 0.4) is 0 Å². The van der Waals surface area contributed by atoms with E-state index >= 15 is 0 Å². The summed E-state index contributed by atoms with van der Waals surface area (Å²) in [6, 6.07) is 13.8. The lowest BCUT2D eigenvalue weighted by molar-refractivity contribution is -0.138. The molecule has 1 amide bonds. The van der Waals surface area contributed by atoms with Gasteiger partial charge in [0.1, 0.15) is 23.7 Å². The number of fused-ring (bicyclic) bond motifs is 1. The molecule has 2 aromatic heterocycles. The van der Waals surface area contributed by atoms with Crippen LogP contribution in [-0.4, -0.2) is 55.4 Å². The van der Waals surface area contributed by atoms with Crippen LogP contribution in [-0.2, 0) is 4.79 Å². The average Bonchev–Trinajstić information content (AvgIpc) is 3.57. The minimum absolute atomic E-state index is 0.0884. The van der Waals surface area contributed by atoms with Crippen molar-refractivity contribution in [3.8, 4) is 11.4 Å². The van der Waals surface area contributed by atoms with E-state index in [2.05, 4.69) is 20.4 Å². The number of imidazole rings is 1. The number of aromatic nitrogens is 5. The van der Waals surface area contributed by atoms with Gasteiger partial charge in [0.2, 0.25) is 0 Å². The second-order valence-corrected chi connectivity index (χ2v) is 10.9. The third kappa shape index (κ3) is 5.92. The number of aryl methyl sites for hydroxylation is 1. The second-order valence-electron chi connectivity index (χ2n) is 9.64. The normalized spacial score (nSPS) is 12.7. The zero-order valence-corrected chi connectivity index (χ0v) is 24.9. The molecule has 3 N–H and O–H groups in total. The van der Waals surface area contributed by atoms with Crippen molar-refractivity contribution in [2.75, 3.05) is 13.7 Å². The first-order valence-electron chi connectivity index (χ1n) is 12.8. The zero-order valence-electron chi connectivity index (χ0n) is 22.7. The monoisotopic (exact) mass is 626 g/mol. The van der Waals surface area contributed by atoms with Gasteiger partial charge in [0.05, 0.1) is 56.3 Å². The first kappa shape index (κ1) is 29.4. The van der Waals surface area contributed by atoms with Gasteiger partial charge in [-0.15, -0.1) is 0 Å². The van der Waals surface area contributed by atoms with Crippen LogP contribution >= 0.6 is 34.8 Å². The molecule has 0 spiro atoms. The molecule has 42 heavy (non-hydrogen) atoms. The number of nitrogens with zero attached hydrogens (tertiary/aromatic N) is 4. The van der Waals surface area contributed by atoms with Crippen molar-refractivity contribution in [2.24, 2.45) is 0 Å². The largest absolute Gasteiger partial charge is 0.495 e. The highest BCUT2D eigenvalue weighted by molar-refractivity contribution is 6.40. The van der Waals surface area contributed by atoms with E-state index in [-0.39, 0.29) is 22.2 Å². The summed E-state index contributed by atoms with van der Waals surface area (Å²) >= 11 is 19.4. The summed E-state index contributed by atoms with van der Waals surface area (Å²) in [5.41, 5.74) is 3.30. The predicted octanol–water partition coefficient (Wildman–Crippen LogP) is 6.17. The fourth-order valence-electron chi connectivity index (χ4n) is 4.57. The summed E-state index contributed by atoms with van der Waals surface area (Å²) in [5, 5.41) is 17.4. The van der Waals surface area contributed by atoms with Gasteiger partial charge < -0.3 is 20.1 Å². The predicted molar refractivity (Wildman–Crippen MR) is 160 cm³/mol. The third-order valence-electron chi connectivity index (χ3n) is 6.88. The van der Waals surface area contributed by atoms with E-state index < -0.39 is 23.7 Å². The number of rotatable bonds is 9. The number of benzene rings is 3. The molecule has 0 aliphatic heterocycles. The maximum absolute atomic E-state index is 13.4. The Morgan fingerprint density at radius 1 is 1.07 bits per heavy atom. The molecule has 0 bridgehead atoms. The van der Waals surface area contributed by atoms with Crippen molar-refractivity contribution in [3.63, 3.8) is 0 Å². The van der Waals surface area contributed by atoms with Crippen molar-refractivity contribution >= 4 is 57.7 Å². The highest BCUT2D eigenvalue weighted by Crippen LogP contribution is 2.33. The van der Waals surface area contributed by atoms with Gasteiger partial charge in [0, 0.05) is 12.6 Å². The molecule has 0 fully saturated rings. The Morgan fingerprint density at radius 3 is 2.43 bits per heavy atom. The Balaban J connectivity index is 1.49. The first-order chi connectivity index (χ1) is 20.0. The van der Waals surface area contributed by atoms with E-state index in [9.17, 15) is 14.7 Å². The number of hydrogen-bond acceptors (Lipinski definition) is 6. The Labute approximate surface area is 255 Å². The summed E-state index contributed by atoms with van der Waals surface area (Å²) < 4.78 is 6.84.